The van der Waals surface area contributed by atoms with Gasteiger partial charge < -0.3 is 15.1 Å². The summed E-state index contributed by atoms with van der Waals surface area (Å²) in [4.78, 5) is 28.1. The number of anilines is 1. The zero-order valence-corrected chi connectivity index (χ0v) is 16.3. The average Bonchev–Trinajstić information content (AvgIpc) is 3.03. The lowest BCUT2D eigenvalue weighted by Crippen LogP contribution is -3.04. The van der Waals surface area contributed by atoms with E-state index in [1.54, 1.807) is 4.90 Å². The highest BCUT2D eigenvalue weighted by molar-refractivity contribution is 6.00. The van der Waals surface area contributed by atoms with E-state index in [0.29, 0.717) is 13.1 Å². The lowest BCUT2D eigenvalue weighted by Gasteiger charge is -2.17. The van der Waals surface area contributed by atoms with Crippen LogP contribution < -0.4 is 15.1 Å². The van der Waals surface area contributed by atoms with E-state index in [4.69, 9.17) is 0 Å². The molecule has 1 fully saturated rings. The summed E-state index contributed by atoms with van der Waals surface area (Å²) in [6, 6.07) is 16.0. The van der Waals surface area contributed by atoms with Gasteiger partial charge >= 0.3 is 0 Å². The van der Waals surface area contributed by atoms with Crippen LogP contribution in [0.5, 0.6) is 0 Å². The maximum atomic E-state index is 12.6. The summed E-state index contributed by atoms with van der Waals surface area (Å²) in [5.74, 6) is -0.342. The van der Waals surface area contributed by atoms with Gasteiger partial charge in [-0.25, -0.2) is 0 Å². The minimum absolute atomic E-state index is 0.00982. The topological polar surface area (TPSA) is 53.9 Å². The van der Waals surface area contributed by atoms with Crippen molar-refractivity contribution < 1.29 is 14.5 Å². The molecule has 1 saturated heterocycles. The third-order valence-corrected chi connectivity index (χ3v) is 4.96. The molecule has 1 aliphatic rings. The van der Waals surface area contributed by atoms with E-state index in [1.807, 2.05) is 43.3 Å². The molecular formula is C22H28N3O2+. The highest BCUT2D eigenvalue weighted by atomic mass is 16.2. The summed E-state index contributed by atoms with van der Waals surface area (Å²) in [6.45, 7) is 3.87. The molecule has 0 aliphatic carbocycles. The predicted octanol–water partition coefficient (Wildman–Crippen LogP) is 1.31. The van der Waals surface area contributed by atoms with Gasteiger partial charge in [-0.15, -0.1) is 0 Å². The van der Waals surface area contributed by atoms with Gasteiger partial charge in [-0.05, 0) is 24.6 Å². The number of rotatable bonds is 6. The fraction of sp³-hybridized carbons (Fsp3) is 0.364. The Morgan fingerprint density at radius 1 is 1.11 bits per heavy atom. The number of amides is 2. The molecule has 0 unspecified atom stereocenters. The smallest absolute Gasteiger partial charge is 0.227 e. The van der Waals surface area contributed by atoms with Gasteiger partial charge in [0.15, 0.2) is 0 Å². The molecule has 0 radical (unpaired) electrons. The van der Waals surface area contributed by atoms with Crippen LogP contribution in [-0.4, -0.2) is 32.5 Å². The maximum absolute atomic E-state index is 12.6. The van der Waals surface area contributed by atoms with Gasteiger partial charge in [0.25, 0.3) is 0 Å². The monoisotopic (exact) mass is 366 g/mol. The molecule has 5 nitrogen and oxygen atoms in total. The van der Waals surface area contributed by atoms with Crippen molar-refractivity contribution in [2.75, 3.05) is 25.5 Å². The maximum Gasteiger partial charge on any atom is 0.227 e. The van der Waals surface area contributed by atoms with Crippen LogP contribution in [0.2, 0.25) is 0 Å². The van der Waals surface area contributed by atoms with Crippen LogP contribution in [0.4, 0.5) is 5.69 Å². The fourth-order valence-corrected chi connectivity index (χ4v) is 3.47. The highest BCUT2D eigenvalue weighted by Gasteiger charge is 2.35. The summed E-state index contributed by atoms with van der Waals surface area (Å²) >= 11 is 0. The third kappa shape index (κ3) is 4.74. The van der Waals surface area contributed by atoms with Gasteiger partial charge in [-0.3, -0.25) is 9.59 Å². The number of hydrogen-bond acceptors (Lipinski definition) is 2. The van der Waals surface area contributed by atoms with E-state index in [9.17, 15) is 9.59 Å². The van der Waals surface area contributed by atoms with Gasteiger partial charge in [-0.2, -0.15) is 0 Å². The van der Waals surface area contributed by atoms with Crippen molar-refractivity contribution in [3.05, 3.63) is 65.2 Å². The van der Waals surface area contributed by atoms with E-state index in [0.717, 1.165) is 23.4 Å². The predicted molar refractivity (Wildman–Crippen MR) is 106 cm³/mol. The third-order valence-electron chi connectivity index (χ3n) is 4.96. The van der Waals surface area contributed by atoms with Crippen LogP contribution in [0.3, 0.4) is 0 Å². The van der Waals surface area contributed by atoms with Crippen molar-refractivity contribution in [1.29, 1.82) is 0 Å². The van der Waals surface area contributed by atoms with Crippen molar-refractivity contribution in [3.63, 3.8) is 0 Å². The first-order valence-corrected chi connectivity index (χ1v) is 9.44. The summed E-state index contributed by atoms with van der Waals surface area (Å²) in [6.07, 6.45) is 0.267. The van der Waals surface area contributed by atoms with Crippen LogP contribution in [0.25, 0.3) is 0 Å². The molecule has 2 amide bonds. The number of aryl methyl sites for hydroxylation is 1. The average molecular weight is 366 g/mol. The minimum atomic E-state index is -0.301. The van der Waals surface area contributed by atoms with Crippen LogP contribution in [-0.2, 0) is 22.7 Å². The number of carbonyl (C=O) groups excluding carboxylic acids is 2. The Morgan fingerprint density at radius 3 is 2.44 bits per heavy atom. The highest BCUT2D eigenvalue weighted by Crippen LogP contribution is 2.25. The first kappa shape index (κ1) is 19.1. The molecule has 5 heteroatoms. The van der Waals surface area contributed by atoms with E-state index >= 15 is 0 Å². The van der Waals surface area contributed by atoms with Gasteiger partial charge in [0.2, 0.25) is 11.8 Å². The number of nitrogens with zero attached hydrogens (tertiary/aromatic N) is 1. The molecule has 2 aromatic carbocycles. The molecule has 3 rings (SSSR count). The molecule has 1 aliphatic heterocycles. The second-order valence-corrected chi connectivity index (χ2v) is 7.61. The van der Waals surface area contributed by atoms with Crippen molar-refractivity contribution in [3.8, 4) is 0 Å². The van der Waals surface area contributed by atoms with Gasteiger partial charge in [-0.1, -0.05) is 42.0 Å². The van der Waals surface area contributed by atoms with E-state index < -0.39 is 0 Å². The van der Waals surface area contributed by atoms with E-state index in [2.05, 4.69) is 31.5 Å². The molecule has 0 aromatic heterocycles. The van der Waals surface area contributed by atoms with Crippen LogP contribution in [0.1, 0.15) is 23.1 Å². The van der Waals surface area contributed by atoms with Crippen molar-refractivity contribution in [2.45, 2.75) is 26.4 Å². The van der Waals surface area contributed by atoms with E-state index in [1.165, 1.54) is 10.5 Å². The van der Waals surface area contributed by atoms with Gasteiger partial charge in [0.1, 0.15) is 6.54 Å². The Hall–Kier alpha value is -2.66. The Kier molecular flexibility index (Phi) is 5.91. The summed E-state index contributed by atoms with van der Waals surface area (Å²) in [5.41, 5.74) is 4.38. The molecule has 142 valence electrons. The number of benzene rings is 2. The van der Waals surface area contributed by atoms with Gasteiger partial charge in [0, 0.05) is 30.8 Å². The number of nitrogens with one attached hydrogen (secondary N) is 2. The molecule has 27 heavy (non-hydrogen) atoms. The normalized spacial score (nSPS) is 16.8. The zero-order valence-electron chi connectivity index (χ0n) is 16.3. The van der Waals surface area contributed by atoms with Crippen LogP contribution >= 0.6 is 0 Å². The molecule has 1 atom stereocenters. The lowest BCUT2D eigenvalue weighted by molar-refractivity contribution is -0.872. The molecule has 0 bridgehead atoms. The first-order chi connectivity index (χ1) is 12.9. The molecule has 2 aromatic rings. The second-order valence-electron chi connectivity index (χ2n) is 7.61. The summed E-state index contributed by atoms with van der Waals surface area (Å²) in [5, 5.41) is 3.03. The Labute approximate surface area is 161 Å². The standard InChI is InChI=1S/C22H27N3O2/c1-16-8-10-20(11-9-16)25-15-19(12-21(25)26)22(27)23-13-17-6-4-5-7-18(17)14-24(2)3/h4-11,19H,12-15H2,1-3H3,(H,23,27)/p+1/t19-/m1/s1. The summed E-state index contributed by atoms with van der Waals surface area (Å²) in [7, 11) is 4.22. The number of quaternary nitrogens is 1. The number of carbonyl (C=O) groups is 2. The SMILES string of the molecule is Cc1ccc(N2C[C@H](C(=O)NCc3ccccc3C[NH+](C)C)CC2=O)cc1. The Bertz CT molecular complexity index is 815. The van der Waals surface area contributed by atoms with E-state index in [-0.39, 0.29) is 24.2 Å². The fourth-order valence-electron chi connectivity index (χ4n) is 3.47. The first-order valence-electron chi connectivity index (χ1n) is 9.44. The Balaban J connectivity index is 1.61. The number of hydrogen-bond donors (Lipinski definition) is 2. The van der Waals surface area contributed by atoms with Crippen molar-refractivity contribution >= 4 is 17.5 Å². The zero-order chi connectivity index (χ0) is 19.4. The minimum Gasteiger partial charge on any atom is -0.352 e. The molecule has 1 heterocycles. The lowest BCUT2D eigenvalue weighted by atomic mass is 10.1. The van der Waals surface area contributed by atoms with Crippen molar-refractivity contribution in [2.24, 2.45) is 5.92 Å². The molecule has 2 N–H and O–H groups in total. The quantitative estimate of drug-likeness (QED) is 0.810. The van der Waals surface area contributed by atoms with Gasteiger partial charge in [0.05, 0.1) is 20.0 Å². The second kappa shape index (κ2) is 8.35. The van der Waals surface area contributed by atoms with Crippen LogP contribution in [0, 0.1) is 12.8 Å². The molecular weight excluding hydrogens is 338 g/mol. The largest absolute Gasteiger partial charge is 0.352 e. The Morgan fingerprint density at radius 2 is 1.78 bits per heavy atom. The molecule has 0 saturated carbocycles. The summed E-state index contributed by atoms with van der Waals surface area (Å²) < 4.78 is 0. The van der Waals surface area contributed by atoms with Crippen LogP contribution in [0.15, 0.2) is 48.5 Å². The molecule has 0 spiro atoms. The van der Waals surface area contributed by atoms with Crippen molar-refractivity contribution in [1.82, 2.24) is 5.32 Å².